The lowest BCUT2D eigenvalue weighted by Crippen LogP contribution is -2.24. The second-order valence-electron chi connectivity index (χ2n) is 6.45. The van der Waals surface area contributed by atoms with E-state index in [1.54, 1.807) is 24.3 Å². The van der Waals surface area contributed by atoms with Crippen LogP contribution in [0.3, 0.4) is 0 Å². The van der Waals surface area contributed by atoms with Gasteiger partial charge in [0.1, 0.15) is 11.6 Å². The van der Waals surface area contributed by atoms with Crippen molar-refractivity contribution < 1.29 is 13.6 Å². The van der Waals surface area contributed by atoms with E-state index in [1.165, 1.54) is 42.1 Å². The number of nitrogens with zero attached hydrogens (tertiary/aromatic N) is 1. The van der Waals surface area contributed by atoms with Crippen LogP contribution in [0.2, 0.25) is 5.02 Å². The van der Waals surface area contributed by atoms with Crippen LogP contribution in [0.15, 0.2) is 70.1 Å². The summed E-state index contributed by atoms with van der Waals surface area (Å²) >= 11 is 10.4. The molecule has 160 valence electrons. The van der Waals surface area contributed by atoms with E-state index < -0.39 is 5.82 Å². The second-order valence-corrected chi connectivity index (χ2v) is 8.77. The number of rotatable bonds is 6. The van der Waals surface area contributed by atoms with Crippen molar-refractivity contribution in [1.82, 2.24) is 5.32 Å². The quantitative estimate of drug-likeness (QED) is 0.298. The Morgan fingerprint density at radius 3 is 2.55 bits per heavy atom. The van der Waals surface area contributed by atoms with Gasteiger partial charge in [-0.3, -0.25) is 4.79 Å². The summed E-state index contributed by atoms with van der Waals surface area (Å²) in [5, 5.41) is 3.05. The first-order valence-corrected chi connectivity index (χ1v) is 11.2. The number of benzene rings is 3. The van der Waals surface area contributed by atoms with Crippen LogP contribution in [-0.4, -0.2) is 11.1 Å². The number of amidine groups is 1. The van der Waals surface area contributed by atoms with Gasteiger partial charge >= 0.3 is 0 Å². The first kappa shape index (κ1) is 23.2. The highest BCUT2D eigenvalue weighted by atomic mass is 79.9. The highest BCUT2D eigenvalue weighted by Gasteiger charge is 2.13. The third-order valence-corrected chi connectivity index (χ3v) is 5.82. The van der Waals surface area contributed by atoms with Gasteiger partial charge in [-0.15, -0.1) is 0 Å². The minimum atomic E-state index is -0.530. The smallest absolute Gasteiger partial charge is 0.251 e. The summed E-state index contributed by atoms with van der Waals surface area (Å²) in [5.74, 6) is -0.724. The molecule has 0 atom stereocenters. The average molecular weight is 525 g/mol. The lowest BCUT2D eigenvalue weighted by atomic mass is 10.1. The fraction of sp³-hybridized carbons (Fsp3) is 0.0909. The molecule has 0 radical (unpaired) electrons. The topological polar surface area (TPSA) is 67.5 Å². The molecule has 31 heavy (non-hydrogen) atoms. The molecular formula is C22H17BrClF2N3OS. The summed E-state index contributed by atoms with van der Waals surface area (Å²) in [7, 11) is 0. The molecule has 0 aliphatic heterocycles. The summed E-state index contributed by atoms with van der Waals surface area (Å²) in [6.45, 7) is 0.274. The van der Waals surface area contributed by atoms with Crippen LogP contribution < -0.4 is 11.1 Å². The first-order valence-electron chi connectivity index (χ1n) is 9.05. The summed E-state index contributed by atoms with van der Waals surface area (Å²) in [6.07, 6.45) is 0. The van der Waals surface area contributed by atoms with Gasteiger partial charge in [-0.1, -0.05) is 51.4 Å². The van der Waals surface area contributed by atoms with E-state index in [9.17, 15) is 13.6 Å². The molecule has 9 heteroatoms. The Morgan fingerprint density at radius 1 is 1.10 bits per heavy atom. The monoisotopic (exact) mass is 523 g/mol. The SMILES string of the molecule is N/C(=N\c1ccc(F)c(Cl)c1)SCc1cc(Br)ccc1C(=O)NCc1ccc(F)cc1. The Morgan fingerprint density at radius 2 is 1.84 bits per heavy atom. The van der Waals surface area contributed by atoms with Gasteiger partial charge in [0.25, 0.3) is 5.91 Å². The van der Waals surface area contributed by atoms with Gasteiger partial charge in [0.05, 0.1) is 10.7 Å². The predicted molar refractivity (Wildman–Crippen MR) is 126 cm³/mol. The van der Waals surface area contributed by atoms with Crippen molar-refractivity contribution in [2.45, 2.75) is 12.3 Å². The van der Waals surface area contributed by atoms with E-state index in [2.05, 4.69) is 26.2 Å². The molecular weight excluding hydrogens is 508 g/mol. The van der Waals surface area contributed by atoms with Gasteiger partial charge in [0, 0.05) is 22.3 Å². The van der Waals surface area contributed by atoms with Gasteiger partial charge in [-0.2, -0.15) is 0 Å². The Bertz CT molecular complexity index is 1130. The molecule has 0 saturated heterocycles. The predicted octanol–water partition coefficient (Wildman–Crippen LogP) is 6.19. The largest absolute Gasteiger partial charge is 0.378 e. The number of nitrogens with one attached hydrogen (secondary N) is 1. The molecule has 0 bridgehead atoms. The van der Waals surface area contributed by atoms with Crippen molar-refractivity contribution >= 4 is 56.1 Å². The summed E-state index contributed by atoms with van der Waals surface area (Å²) < 4.78 is 27.1. The number of hydrogen-bond acceptors (Lipinski definition) is 3. The zero-order valence-corrected chi connectivity index (χ0v) is 19.2. The standard InChI is InChI=1S/C22H17BrClF2N3OS/c23-15-3-7-18(21(30)28-11-13-1-4-16(25)5-2-13)14(9-15)12-31-22(27)29-17-6-8-20(26)19(24)10-17/h1-10H,11-12H2,(H2,27,29)(H,28,30). The summed E-state index contributed by atoms with van der Waals surface area (Å²) in [5.41, 5.74) is 8.46. The molecule has 3 aromatic carbocycles. The number of thioether (sulfide) groups is 1. The van der Waals surface area contributed by atoms with E-state index >= 15 is 0 Å². The summed E-state index contributed by atoms with van der Waals surface area (Å²) in [6, 6.07) is 15.3. The van der Waals surface area contributed by atoms with Crippen molar-refractivity contribution in [3.8, 4) is 0 Å². The maximum Gasteiger partial charge on any atom is 0.251 e. The minimum absolute atomic E-state index is 0.0360. The van der Waals surface area contributed by atoms with Crippen LogP contribution in [0, 0.1) is 11.6 Å². The van der Waals surface area contributed by atoms with E-state index in [1.807, 2.05) is 6.07 Å². The number of hydrogen-bond donors (Lipinski definition) is 2. The van der Waals surface area contributed by atoms with Crippen molar-refractivity contribution in [3.05, 3.63) is 98.5 Å². The summed E-state index contributed by atoms with van der Waals surface area (Å²) in [4.78, 5) is 16.9. The average Bonchev–Trinajstić information content (AvgIpc) is 2.74. The molecule has 1 amide bonds. The van der Waals surface area contributed by atoms with Gasteiger partial charge in [0.2, 0.25) is 0 Å². The minimum Gasteiger partial charge on any atom is -0.378 e. The first-order chi connectivity index (χ1) is 14.8. The number of carbonyl (C=O) groups is 1. The molecule has 0 unspecified atom stereocenters. The van der Waals surface area contributed by atoms with Crippen LogP contribution in [0.4, 0.5) is 14.5 Å². The van der Waals surface area contributed by atoms with Crippen LogP contribution in [-0.2, 0) is 12.3 Å². The third kappa shape index (κ3) is 6.78. The molecule has 3 aromatic rings. The highest BCUT2D eigenvalue weighted by molar-refractivity contribution is 9.10. The number of halogens is 4. The molecule has 4 nitrogen and oxygen atoms in total. The number of carbonyl (C=O) groups excluding carboxylic acids is 1. The maximum absolute atomic E-state index is 13.3. The van der Waals surface area contributed by atoms with E-state index in [-0.39, 0.29) is 28.5 Å². The van der Waals surface area contributed by atoms with Gasteiger partial charge < -0.3 is 11.1 Å². The zero-order chi connectivity index (χ0) is 22.4. The van der Waals surface area contributed by atoms with E-state index in [0.717, 1.165) is 15.6 Å². The maximum atomic E-state index is 13.3. The fourth-order valence-corrected chi connectivity index (χ4v) is 3.94. The molecule has 3 N–H and O–H groups in total. The van der Waals surface area contributed by atoms with Crippen molar-refractivity contribution in [1.29, 1.82) is 0 Å². The number of nitrogens with two attached hydrogens (primary N) is 1. The lowest BCUT2D eigenvalue weighted by Gasteiger charge is -2.11. The van der Waals surface area contributed by atoms with Crippen molar-refractivity contribution in [2.75, 3.05) is 0 Å². The van der Waals surface area contributed by atoms with E-state index in [0.29, 0.717) is 17.0 Å². The van der Waals surface area contributed by atoms with E-state index in [4.69, 9.17) is 17.3 Å². The van der Waals surface area contributed by atoms with Crippen LogP contribution in [0.5, 0.6) is 0 Å². The van der Waals surface area contributed by atoms with Crippen LogP contribution >= 0.6 is 39.3 Å². The lowest BCUT2D eigenvalue weighted by molar-refractivity contribution is 0.0950. The molecule has 0 saturated carbocycles. The normalized spacial score (nSPS) is 11.4. The molecule has 0 aromatic heterocycles. The number of amides is 1. The molecule has 0 fully saturated rings. The molecule has 0 heterocycles. The Labute approximate surface area is 196 Å². The van der Waals surface area contributed by atoms with Crippen molar-refractivity contribution in [3.63, 3.8) is 0 Å². The zero-order valence-electron chi connectivity index (χ0n) is 16.0. The Hall–Kier alpha value is -2.42. The Balaban J connectivity index is 1.68. The highest BCUT2D eigenvalue weighted by Crippen LogP contribution is 2.25. The third-order valence-electron chi connectivity index (χ3n) is 4.20. The molecule has 0 aliphatic carbocycles. The van der Waals surface area contributed by atoms with Gasteiger partial charge in [0.15, 0.2) is 5.17 Å². The number of aliphatic imine (C=N–C) groups is 1. The van der Waals surface area contributed by atoms with Gasteiger partial charge in [-0.05, 0) is 59.7 Å². The fourth-order valence-electron chi connectivity index (χ4n) is 2.65. The van der Waals surface area contributed by atoms with Crippen LogP contribution in [0.1, 0.15) is 21.5 Å². The second kappa shape index (κ2) is 10.7. The molecule has 0 spiro atoms. The molecule has 0 aliphatic rings. The van der Waals surface area contributed by atoms with Crippen molar-refractivity contribution in [2.24, 2.45) is 10.7 Å². The van der Waals surface area contributed by atoms with Gasteiger partial charge in [-0.25, -0.2) is 13.8 Å². The van der Waals surface area contributed by atoms with Crippen LogP contribution in [0.25, 0.3) is 0 Å². The Kier molecular flexibility index (Phi) is 8.06. The molecule has 3 rings (SSSR count).